The average molecular weight is 733 g/mol. The molecule has 0 aliphatic heterocycles. The van der Waals surface area contributed by atoms with Gasteiger partial charge in [0.2, 0.25) is 0 Å². The Morgan fingerprint density at radius 1 is 0.316 bits per heavy atom. The summed E-state index contributed by atoms with van der Waals surface area (Å²) in [4.78, 5) is 2.22. The maximum atomic E-state index is 8.65. The molecular weight excluding hydrogens is 691 g/mol. The third-order valence-electron chi connectivity index (χ3n) is 11.0. The van der Waals surface area contributed by atoms with Crippen molar-refractivity contribution < 1.29 is 6.85 Å². The number of hydrogen-bond acceptors (Lipinski definition) is 1. The lowest BCUT2D eigenvalue weighted by molar-refractivity contribution is 1.18. The molecule has 0 saturated carbocycles. The normalized spacial score (nSPS) is 12.7. The van der Waals surface area contributed by atoms with Gasteiger partial charge in [-0.1, -0.05) is 139 Å². The maximum absolute atomic E-state index is 8.65. The quantitative estimate of drug-likeness (QED) is 0.159. The molecule has 9 aromatic carbocycles. The highest BCUT2D eigenvalue weighted by Crippen LogP contribution is 2.42. The molecule has 0 aliphatic carbocycles. The van der Waals surface area contributed by atoms with Crippen LogP contribution in [0.4, 0.5) is 17.1 Å². The van der Waals surface area contributed by atoms with Crippen LogP contribution in [0.25, 0.3) is 77.2 Å². The van der Waals surface area contributed by atoms with E-state index in [1.54, 1.807) is 0 Å². The summed E-state index contributed by atoms with van der Waals surface area (Å²) in [6.07, 6.45) is 0. The van der Waals surface area contributed by atoms with Crippen molar-refractivity contribution in [3.63, 3.8) is 0 Å². The summed E-state index contributed by atoms with van der Waals surface area (Å²) >= 11 is 0. The van der Waals surface area contributed by atoms with E-state index in [9.17, 15) is 0 Å². The van der Waals surface area contributed by atoms with E-state index in [0.717, 1.165) is 72.4 Å². The second kappa shape index (κ2) is 13.6. The second-order valence-electron chi connectivity index (χ2n) is 14.2. The summed E-state index contributed by atoms with van der Waals surface area (Å²) in [5, 5.41) is 4.64. The molecule has 268 valence electrons. The van der Waals surface area contributed by atoms with Crippen molar-refractivity contribution in [3.05, 3.63) is 224 Å². The average Bonchev–Trinajstić information content (AvgIpc) is 3.84. The summed E-state index contributed by atoms with van der Waals surface area (Å²) < 4.78 is 46.7. The molecule has 0 N–H and O–H groups in total. The van der Waals surface area contributed by atoms with Gasteiger partial charge in [-0.05, 0) is 107 Å². The van der Waals surface area contributed by atoms with Crippen LogP contribution in [0.15, 0.2) is 224 Å². The van der Waals surface area contributed by atoms with Crippen LogP contribution in [0.1, 0.15) is 6.85 Å². The molecule has 0 radical (unpaired) electrons. The third-order valence-corrected chi connectivity index (χ3v) is 11.0. The first-order valence-corrected chi connectivity index (χ1v) is 19.1. The van der Waals surface area contributed by atoms with Crippen LogP contribution < -0.4 is 4.90 Å². The Hall–Kier alpha value is -7.62. The smallest absolute Gasteiger partial charge is 0.0629 e. The summed E-state index contributed by atoms with van der Waals surface area (Å²) in [6, 6.07) is 65.9. The Labute approximate surface area is 338 Å². The highest BCUT2D eigenvalue weighted by molar-refractivity contribution is 6.11. The molecule has 57 heavy (non-hydrogen) atoms. The zero-order valence-corrected chi connectivity index (χ0v) is 30.8. The van der Waals surface area contributed by atoms with Gasteiger partial charge in [0, 0.05) is 50.0 Å². The van der Waals surface area contributed by atoms with E-state index >= 15 is 0 Å². The van der Waals surface area contributed by atoms with Gasteiger partial charge in [-0.25, -0.2) is 0 Å². The first-order chi connectivity index (χ1) is 30.4. The van der Waals surface area contributed by atoms with E-state index in [1.165, 1.54) is 10.8 Å². The molecule has 0 spiro atoms. The van der Waals surface area contributed by atoms with Crippen molar-refractivity contribution in [1.29, 1.82) is 0 Å². The lowest BCUT2D eigenvalue weighted by Crippen LogP contribution is -2.10. The van der Waals surface area contributed by atoms with Crippen LogP contribution in [-0.2, 0) is 0 Å². The predicted octanol–water partition coefficient (Wildman–Crippen LogP) is 14.7. The van der Waals surface area contributed by atoms with Gasteiger partial charge in [0.05, 0.1) is 28.9 Å². The molecule has 11 aromatic rings. The summed E-state index contributed by atoms with van der Waals surface area (Å²) in [5.74, 6) is 0. The number of nitrogens with zero attached hydrogens (tertiary/aromatic N) is 3. The van der Waals surface area contributed by atoms with E-state index in [-0.39, 0.29) is 29.7 Å². The van der Waals surface area contributed by atoms with E-state index < -0.39 is 6.04 Å². The van der Waals surface area contributed by atoms with Crippen LogP contribution in [0.2, 0.25) is 0 Å². The highest BCUT2D eigenvalue weighted by Gasteiger charge is 2.19. The van der Waals surface area contributed by atoms with Crippen molar-refractivity contribution in [1.82, 2.24) is 9.13 Å². The number of rotatable bonds is 7. The molecule has 3 heteroatoms. The number of anilines is 3. The minimum atomic E-state index is -0.406. The first kappa shape index (κ1) is 27.9. The molecule has 11 rings (SSSR count). The highest BCUT2D eigenvalue weighted by atomic mass is 15.1. The van der Waals surface area contributed by atoms with E-state index in [1.807, 2.05) is 36.4 Å². The Morgan fingerprint density at radius 3 is 1.54 bits per heavy atom. The Kier molecular flexibility index (Phi) is 6.65. The van der Waals surface area contributed by atoms with Gasteiger partial charge in [-0.3, -0.25) is 0 Å². The molecule has 0 bridgehead atoms. The van der Waals surface area contributed by atoms with Crippen molar-refractivity contribution in [3.8, 4) is 33.6 Å². The number of aromatic nitrogens is 2. The first-order valence-electron chi connectivity index (χ1n) is 21.6. The van der Waals surface area contributed by atoms with E-state index in [0.29, 0.717) is 5.56 Å². The SMILES string of the molecule is [2H]c1c([2H])c([2H])c(-c2ccc(N(c3cccc(-c4ccc5c6ccccc6n(-c6ccccc6)c5c4)c3)c3ccc4c(c3)c3ccccc3n4-c3ccccc3)cc2)c([2H])c1[2H]. The minimum Gasteiger partial charge on any atom is -0.310 e. The fourth-order valence-electron chi connectivity index (χ4n) is 8.40. The van der Waals surface area contributed by atoms with Crippen molar-refractivity contribution in [2.45, 2.75) is 0 Å². The van der Waals surface area contributed by atoms with Gasteiger partial charge < -0.3 is 14.0 Å². The zero-order valence-electron chi connectivity index (χ0n) is 35.8. The summed E-state index contributed by atoms with van der Waals surface area (Å²) in [7, 11) is 0. The van der Waals surface area contributed by atoms with Crippen LogP contribution >= 0.6 is 0 Å². The molecule has 2 aromatic heterocycles. The van der Waals surface area contributed by atoms with E-state index in [4.69, 9.17) is 6.85 Å². The molecule has 0 saturated heterocycles. The zero-order chi connectivity index (χ0) is 42.1. The van der Waals surface area contributed by atoms with Crippen molar-refractivity contribution >= 4 is 60.7 Å². The van der Waals surface area contributed by atoms with E-state index in [2.05, 4.69) is 172 Å². The fraction of sp³-hybridized carbons (Fsp3) is 0. The van der Waals surface area contributed by atoms with Gasteiger partial charge in [-0.2, -0.15) is 0 Å². The van der Waals surface area contributed by atoms with Crippen LogP contribution in [-0.4, -0.2) is 9.13 Å². The fourth-order valence-corrected chi connectivity index (χ4v) is 8.40. The van der Waals surface area contributed by atoms with Gasteiger partial charge >= 0.3 is 0 Å². The van der Waals surface area contributed by atoms with Gasteiger partial charge in [0.25, 0.3) is 0 Å². The Bertz CT molecular complexity index is 3490. The van der Waals surface area contributed by atoms with Gasteiger partial charge in [-0.15, -0.1) is 0 Å². The lowest BCUT2D eigenvalue weighted by Gasteiger charge is -2.26. The molecule has 3 nitrogen and oxygen atoms in total. The number of fused-ring (bicyclic) bond motifs is 6. The second-order valence-corrected chi connectivity index (χ2v) is 14.2. The molecule has 0 unspecified atom stereocenters. The van der Waals surface area contributed by atoms with Gasteiger partial charge in [0.15, 0.2) is 0 Å². The largest absolute Gasteiger partial charge is 0.310 e. The minimum absolute atomic E-state index is 0.176. The topological polar surface area (TPSA) is 13.1 Å². The predicted molar refractivity (Wildman–Crippen MR) is 241 cm³/mol. The van der Waals surface area contributed by atoms with Crippen LogP contribution in [0, 0.1) is 0 Å². The number of benzene rings is 9. The Morgan fingerprint density at radius 2 is 0.842 bits per heavy atom. The van der Waals surface area contributed by atoms with Crippen LogP contribution in [0.3, 0.4) is 0 Å². The Balaban J connectivity index is 1.09. The standard InChI is InChI=1S/C54H37N3/c1-4-15-38(16-5-1)39-27-30-44(31-28-39)55(46-32-34-53-50(37-46)48-24-11-13-26-52(48)56(53)42-18-6-2-7-19-42)45-22-14-17-40(35-45)41-29-33-49-47-23-10-12-25-51(47)57(54(49)36-41)43-20-8-3-9-21-43/h1-37H/i1D,4D,5D,15D,16D. The lowest BCUT2D eigenvalue weighted by atomic mass is 10.0. The molecule has 0 aliphatic rings. The summed E-state index contributed by atoms with van der Waals surface area (Å²) in [6.45, 7) is 0. The maximum Gasteiger partial charge on any atom is 0.0629 e. The number of hydrogen-bond donors (Lipinski definition) is 0. The molecule has 0 amide bonds. The van der Waals surface area contributed by atoms with Gasteiger partial charge in [0.1, 0.15) is 0 Å². The number of para-hydroxylation sites is 4. The monoisotopic (exact) mass is 732 g/mol. The molecule has 0 fully saturated rings. The third kappa shape index (κ3) is 5.60. The van der Waals surface area contributed by atoms with Crippen molar-refractivity contribution in [2.24, 2.45) is 0 Å². The molecule has 0 atom stereocenters. The van der Waals surface area contributed by atoms with Crippen LogP contribution in [0.5, 0.6) is 0 Å². The molecule has 2 heterocycles. The van der Waals surface area contributed by atoms with Crippen molar-refractivity contribution in [2.75, 3.05) is 4.90 Å². The molecular formula is C54H37N3. The summed E-state index contributed by atoms with van der Waals surface area (Å²) in [5.41, 5.74) is 12.3.